The maximum absolute atomic E-state index is 13.3. The number of morpholine rings is 2. The summed E-state index contributed by atoms with van der Waals surface area (Å²) < 4.78 is 59.1. The SMILES string of the molecule is O=C1N2C[C@@H](CC[C@H]2c2nnc(N3CCOCC3)o2)N1OS(=O)(=O)ON1C(=O)N2C[C@H]1CC[C@H]2c1nnc(N2CCOCC2)o1. The highest BCUT2D eigenvalue weighted by molar-refractivity contribution is 7.81. The van der Waals surface area contributed by atoms with E-state index in [-0.39, 0.29) is 24.9 Å². The average Bonchev–Trinajstić information content (AvgIpc) is 3.85. The van der Waals surface area contributed by atoms with Gasteiger partial charge in [0.1, 0.15) is 12.1 Å². The number of carbonyl (C=O) groups excluding carboxylic acids is 2. The van der Waals surface area contributed by atoms with E-state index in [9.17, 15) is 18.0 Å². The number of hydrogen-bond acceptors (Lipinski definition) is 16. The van der Waals surface area contributed by atoms with E-state index < -0.39 is 46.6 Å². The first-order valence-electron chi connectivity index (χ1n) is 15.0. The van der Waals surface area contributed by atoms with Crippen LogP contribution in [-0.4, -0.2) is 139 Å². The minimum absolute atomic E-state index is 0.200. The lowest BCUT2D eigenvalue weighted by molar-refractivity contribution is -0.0841. The van der Waals surface area contributed by atoms with Crippen LogP contribution in [0.2, 0.25) is 0 Å². The zero-order valence-corrected chi connectivity index (χ0v) is 25.0. The first-order valence-corrected chi connectivity index (χ1v) is 16.3. The Morgan fingerprint density at radius 2 is 1.04 bits per heavy atom. The van der Waals surface area contributed by atoms with Crippen LogP contribution in [0.15, 0.2) is 8.83 Å². The summed E-state index contributed by atoms with van der Waals surface area (Å²) in [4.78, 5) is 33.4. The zero-order valence-electron chi connectivity index (χ0n) is 24.2. The average molecular weight is 653 g/mol. The number of piperidine rings is 2. The molecule has 244 valence electrons. The summed E-state index contributed by atoms with van der Waals surface area (Å²) >= 11 is 0. The predicted molar refractivity (Wildman–Crippen MR) is 145 cm³/mol. The number of amides is 4. The summed E-state index contributed by atoms with van der Waals surface area (Å²) in [5.74, 6) is 0.530. The van der Waals surface area contributed by atoms with Crippen molar-refractivity contribution in [1.82, 2.24) is 40.3 Å². The topological polar surface area (TPSA) is 202 Å². The van der Waals surface area contributed by atoms with Crippen molar-refractivity contribution in [3.8, 4) is 0 Å². The zero-order chi connectivity index (χ0) is 30.7. The summed E-state index contributed by atoms with van der Waals surface area (Å²) in [7, 11) is -4.86. The molecular formula is C24H32N10O10S. The van der Waals surface area contributed by atoms with E-state index in [1.165, 1.54) is 9.80 Å². The van der Waals surface area contributed by atoms with Gasteiger partial charge >= 0.3 is 34.5 Å². The third-order valence-corrected chi connectivity index (χ3v) is 9.67. The summed E-state index contributed by atoms with van der Waals surface area (Å²) in [6, 6.07) is -2.83. The highest BCUT2D eigenvalue weighted by Crippen LogP contribution is 2.41. The van der Waals surface area contributed by atoms with Crippen molar-refractivity contribution in [2.45, 2.75) is 49.9 Å². The molecule has 0 unspecified atom stereocenters. The van der Waals surface area contributed by atoms with E-state index in [0.717, 1.165) is 10.1 Å². The van der Waals surface area contributed by atoms with Crippen LogP contribution in [-0.2, 0) is 28.4 Å². The molecule has 45 heavy (non-hydrogen) atoms. The Morgan fingerprint density at radius 3 is 1.47 bits per heavy atom. The van der Waals surface area contributed by atoms with Gasteiger partial charge in [-0.2, -0.15) is 18.5 Å². The van der Waals surface area contributed by atoms with Gasteiger partial charge in [-0.15, -0.1) is 18.8 Å². The quantitative estimate of drug-likeness (QED) is 0.363. The molecule has 0 spiro atoms. The smallest absolute Gasteiger partial charge is 0.406 e. The van der Waals surface area contributed by atoms with Crippen molar-refractivity contribution < 1.29 is 44.9 Å². The molecule has 4 amide bonds. The summed E-state index contributed by atoms with van der Waals surface area (Å²) in [6.07, 6.45) is 1.78. The number of aromatic nitrogens is 4. The second-order valence-corrected chi connectivity index (χ2v) is 12.7. The Kier molecular flexibility index (Phi) is 7.15. The number of hydroxylamine groups is 4. The van der Waals surface area contributed by atoms with Crippen molar-refractivity contribution >= 4 is 34.5 Å². The van der Waals surface area contributed by atoms with Gasteiger partial charge in [0.25, 0.3) is 0 Å². The molecule has 0 saturated carbocycles. The molecule has 0 aliphatic carbocycles. The number of fused-ring (bicyclic) bond motifs is 4. The lowest BCUT2D eigenvalue weighted by Crippen LogP contribution is -2.41. The molecule has 6 aliphatic rings. The second kappa shape index (κ2) is 11.2. The third kappa shape index (κ3) is 5.20. The van der Waals surface area contributed by atoms with Gasteiger partial charge < -0.3 is 37.9 Å². The Morgan fingerprint density at radius 1 is 0.622 bits per heavy atom. The number of anilines is 2. The van der Waals surface area contributed by atoms with Crippen molar-refractivity contribution in [1.29, 1.82) is 0 Å². The Hall–Kier alpha value is -3.79. The molecule has 8 heterocycles. The fraction of sp³-hybridized carbons (Fsp3) is 0.750. The van der Waals surface area contributed by atoms with E-state index in [2.05, 4.69) is 20.4 Å². The standard InChI is InChI=1S/C24H32N10O10S/c35-23-31-13-15(1-3-17(31)19-25-27-21(41-19)29-5-9-39-10-6-29)33(23)43-45(37,38)44-34-16-2-4-18(32(14-16)24(34)36)20-26-28-22(42-20)30-7-11-40-12-8-30/h15-18H,1-14H2/t15-,16-,17+,18+/m1/s1. The molecule has 6 fully saturated rings. The van der Waals surface area contributed by atoms with Crippen LogP contribution in [0, 0.1) is 0 Å². The fourth-order valence-electron chi connectivity index (χ4n) is 6.67. The first-order chi connectivity index (χ1) is 21.8. The molecule has 0 radical (unpaired) electrons. The molecular weight excluding hydrogens is 620 g/mol. The van der Waals surface area contributed by atoms with Crippen LogP contribution in [0.1, 0.15) is 49.5 Å². The van der Waals surface area contributed by atoms with Gasteiger partial charge in [0.15, 0.2) is 0 Å². The monoisotopic (exact) mass is 652 g/mol. The van der Waals surface area contributed by atoms with E-state index in [1.54, 1.807) is 0 Å². The molecule has 20 nitrogen and oxygen atoms in total. The lowest BCUT2D eigenvalue weighted by Gasteiger charge is -2.28. The largest absolute Gasteiger partial charge is 0.442 e. The second-order valence-electron chi connectivity index (χ2n) is 11.6. The van der Waals surface area contributed by atoms with Crippen molar-refractivity contribution in [3.63, 3.8) is 0 Å². The van der Waals surface area contributed by atoms with Gasteiger partial charge in [0, 0.05) is 39.3 Å². The Bertz CT molecular complexity index is 1440. The highest BCUT2D eigenvalue weighted by atomic mass is 32.3. The number of carbonyl (C=O) groups is 2. The van der Waals surface area contributed by atoms with Crippen LogP contribution < -0.4 is 9.80 Å². The normalized spacial score (nSPS) is 29.0. The summed E-state index contributed by atoms with van der Waals surface area (Å²) in [5.41, 5.74) is 0. The van der Waals surface area contributed by atoms with Crippen LogP contribution in [0.25, 0.3) is 0 Å². The van der Waals surface area contributed by atoms with Gasteiger partial charge in [-0.3, -0.25) is 0 Å². The van der Waals surface area contributed by atoms with Crippen LogP contribution in [0.5, 0.6) is 0 Å². The highest BCUT2D eigenvalue weighted by Gasteiger charge is 2.52. The van der Waals surface area contributed by atoms with E-state index in [1.807, 2.05) is 9.80 Å². The van der Waals surface area contributed by atoms with Crippen LogP contribution in [0.4, 0.5) is 21.6 Å². The molecule has 2 aromatic heterocycles. The molecule has 4 bridgehead atoms. The molecule has 0 aromatic carbocycles. The van der Waals surface area contributed by atoms with Gasteiger partial charge in [-0.05, 0) is 25.7 Å². The fourth-order valence-corrected chi connectivity index (χ4v) is 7.46. The summed E-state index contributed by atoms with van der Waals surface area (Å²) in [5, 5.41) is 18.2. The van der Waals surface area contributed by atoms with Crippen molar-refractivity contribution in [3.05, 3.63) is 11.8 Å². The van der Waals surface area contributed by atoms with Gasteiger partial charge in [-0.25, -0.2) is 9.59 Å². The Balaban J connectivity index is 0.910. The molecule has 21 heteroatoms. The van der Waals surface area contributed by atoms with Crippen molar-refractivity contribution in [2.75, 3.05) is 75.5 Å². The summed E-state index contributed by atoms with van der Waals surface area (Å²) in [6.45, 7) is 5.05. The number of ether oxygens (including phenoxy) is 2. The lowest BCUT2D eigenvalue weighted by atomic mass is 10.0. The minimum atomic E-state index is -4.86. The third-order valence-electron chi connectivity index (χ3n) is 8.98. The minimum Gasteiger partial charge on any atom is -0.406 e. The van der Waals surface area contributed by atoms with E-state index >= 15 is 0 Å². The van der Waals surface area contributed by atoms with Crippen LogP contribution >= 0.6 is 0 Å². The molecule has 2 aromatic rings. The molecule has 0 N–H and O–H groups in total. The number of hydrogen-bond donors (Lipinski definition) is 0. The maximum Gasteiger partial charge on any atom is 0.442 e. The molecule has 8 rings (SSSR count). The number of nitrogens with zero attached hydrogens (tertiary/aromatic N) is 10. The van der Waals surface area contributed by atoms with Gasteiger partial charge in [0.2, 0.25) is 11.8 Å². The number of urea groups is 2. The predicted octanol–water partition coefficient (Wildman–Crippen LogP) is -0.184. The van der Waals surface area contributed by atoms with Crippen molar-refractivity contribution in [2.24, 2.45) is 0 Å². The number of rotatable bonds is 8. The van der Waals surface area contributed by atoms with E-state index in [4.69, 9.17) is 26.9 Å². The molecule has 6 aliphatic heterocycles. The van der Waals surface area contributed by atoms with E-state index in [0.29, 0.717) is 90.3 Å². The first kappa shape index (κ1) is 28.7. The Labute approximate surface area is 256 Å². The molecule has 4 atom stereocenters. The van der Waals surface area contributed by atoms with Gasteiger partial charge in [-0.1, -0.05) is 10.2 Å². The van der Waals surface area contributed by atoms with Gasteiger partial charge in [0.05, 0.1) is 38.5 Å². The van der Waals surface area contributed by atoms with Crippen LogP contribution in [0.3, 0.4) is 0 Å². The molecule has 6 saturated heterocycles. The maximum atomic E-state index is 13.3.